The fourth-order valence-corrected chi connectivity index (χ4v) is 1.79. The topological polar surface area (TPSA) is 105 Å². The lowest BCUT2D eigenvalue weighted by molar-refractivity contribution is -0.141. The Kier molecular flexibility index (Phi) is 5.79. The molecule has 1 atom stereocenters. The van der Waals surface area contributed by atoms with Crippen molar-refractivity contribution in [3.05, 3.63) is 23.8 Å². The molecule has 0 bridgehead atoms. The van der Waals surface area contributed by atoms with Crippen LogP contribution in [0, 0.1) is 0 Å². The van der Waals surface area contributed by atoms with Crippen molar-refractivity contribution in [2.75, 3.05) is 20.8 Å². The van der Waals surface area contributed by atoms with E-state index < -0.39 is 18.0 Å². The highest BCUT2D eigenvalue weighted by molar-refractivity contribution is 5.77. The van der Waals surface area contributed by atoms with Crippen LogP contribution in [0.5, 0.6) is 11.5 Å². The molecule has 1 rings (SSSR count). The maximum Gasteiger partial charge on any atom is 0.325 e. The molecule has 0 fully saturated rings. The standard InChI is InChI=1S/C13H17NO6/c1-19-9-5-3-4-8(12(9)20-2)11(13(17)18)14-7-6-10(15)16/h3-5,11,14H,6-7H2,1-2H3,(H,15,16)(H,17,18). The number of carboxylic acid groups (broad SMARTS) is 2. The van der Waals surface area contributed by atoms with Crippen LogP contribution in [0.3, 0.4) is 0 Å². The van der Waals surface area contributed by atoms with E-state index in [1.165, 1.54) is 14.2 Å². The molecular weight excluding hydrogens is 266 g/mol. The first-order valence-corrected chi connectivity index (χ1v) is 5.90. The van der Waals surface area contributed by atoms with Crippen LogP contribution in [0.15, 0.2) is 18.2 Å². The Morgan fingerprint density at radius 2 is 1.95 bits per heavy atom. The van der Waals surface area contributed by atoms with Crippen LogP contribution < -0.4 is 14.8 Å². The molecule has 7 heteroatoms. The number of carboxylic acids is 2. The molecule has 0 aliphatic carbocycles. The third-order valence-corrected chi connectivity index (χ3v) is 2.68. The van der Waals surface area contributed by atoms with Gasteiger partial charge in [0.2, 0.25) is 0 Å². The number of carbonyl (C=O) groups is 2. The molecule has 7 nitrogen and oxygen atoms in total. The highest BCUT2D eigenvalue weighted by Crippen LogP contribution is 2.34. The van der Waals surface area contributed by atoms with Crippen LogP contribution in [0.2, 0.25) is 0 Å². The summed E-state index contributed by atoms with van der Waals surface area (Å²) < 4.78 is 10.3. The number of rotatable bonds is 8. The minimum atomic E-state index is -1.12. The number of hydrogen-bond acceptors (Lipinski definition) is 5. The largest absolute Gasteiger partial charge is 0.493 e. The SMILES string of the molecule is COc1cccc(C(NCCC(=O)O)C(=O)O)c1OC. The molecule has 1 unspecified atom stereocenters. The van der Waals surface area contributed by atoms with Crippen molar-refractivity contribution in [2.24, 2.45) is 0 Å². The predicted molar refractivity (Wildman–Crippen MR) is 70.2 cm³/mol. The van der Waals surface area contributed by atoms with Gasteiger partial charge in [-0.1, -0.05) is 12.1 Å². The molecule has 0 radical (unpaired) electrons. The zero-order valence-electron chi connectivity index (χ0n) is 11.3. The summed E-state index contributed by atoms with van der Waals surface area (Å²) in [7, 11) is 2.87. The van der Waals surface area contributed by atoms with Crippen molar-refractivity contribution < 1.29 is 29.3 Å². The third-order valence-electron chi connectivity index (χ3n) is 2.68. The molecule has 1 aromatic rings. The average molecular weight is 283 g/mol. The molecule has 0 saturated carbocycles. The van der Waals surface area contributed by atoms with E-state index in [-0.39, 0.29) is 13.0 Å². The van der Waals surface area contributed by atoms with E-state index in [2.05, 4.69) is 5.32 Å². The number of para-hydroxylation sites is 1. The van der Waals surface area contributed by atoms with Crippen LogP contribution in [0.1, 0.15) is 18.0 Å². The summed E-state index contributed by atoms with van der Waals surface area (Å²) in [6.45, 7) is 0.0344. The van der Waals surface area contributed by atoms with Gasteiger partial charge in [0.05, 0.1) is 20.6 Å². The van der Waals surface area contributed by atoms with Gasteiger partial charge in [0.25, 0.3) is 0 Å². The molecule has 0 spiro atoms. The van der Waals surface area contributed by atoms with Gasteiger partial charge in [-0.15, -0.1) is 0 Å². The highest BCUT2D eigenvalue weighted by atomic mass is 16.5. The van der Waals surface area contributed by atoms with Crippen molar-refractivity contribution in [3.8, 4) is 11.5 Å². The van der Waals surface area contributed by atoms with Gasteiger partial charge in [-0.2, -0.15) is 0 Å². The first kappa shape index (κ1) is 15.8. The van der Waals surface area contributed by atoms with E-state index in [1.807, 2.05) is 0 Å². The second-order valence-electron chi connectivity index (χ2n) is 3.95. The van der Waals surface area contributed by atoms with Crippen LogP contribution in [0.25, 0.3) is 0 Å². The van der Waals surface area contributed by atoms with E-state index in [0.717, 1.165) is 0 Å². The van der Waals surface area contributed by atoms with Gasteiger partial charge < -0.3 is 25.0 Å². The molecule has 1 aromatic carbocycles. The van der Waals surface area contributed by atoms with Gasteiger partial charge in [-0.25, -0.2) is 0 Å². The minimum absolute atomic E-state index is 0.0344. The summed E-state index contributed by atoms with van der Waals surface area (Å²) in [4.78, 5) is 21.8. The summed E-state index contributed by atoms with van der Waals surface area (Å²) >= 11 is 0. The van der Waals surface area contributed by atoms with Gasteiger partial charge in [0.1, 0.15) is 6.04 Å². The van der Waals surface area contributed by atoms with Gasteiger partial charge in [0, 0.05) is 12.1 Å². The lowest BCUT2D eigenvalue weighted by Gasteiger charge is -2.19. The Labute approximate surface area is 116 Å². The molecule has 3 N–H and O–H groups in total. The quantitative estimate of drug-likeness (QED) is 0.650. The van der Waals surface area contributed by atoms with E-state index in [9.17, 15) is 14.7 Å². The molecule has 0 saturated heterocycles. The Hall–Kier alpha value is -2.28. The lowest BCUT2D eigenvalue weighted by atomic mass is 10.0. The number of methoxy groups -OCH3 is 2. The summed E-state index contributed by atoms with van der Waals surface area (Å²) in [5.41, 5.74) is 0.379. The van der Waals surface area contributed by atoms with Crippen LogP contribution in [0.4, 0.5) is 0 Å². The number of hydrogen-bond donors (Lipinski definition) is 3. The van der Waals surface area contributed by atoms with E-state index in [4.69, 9.17) is 14.6 Å². The molecule has 20 heavy (non-hydrogen) atoms. The molecule has 0 aromatic heterocycles. The Bertz CT molecular complexity index is 488. The zero-order valence-corrected chi connectivity index (χ0v) is 11.3. The Balaban J connectivity index is 3.02. The first-order valence-electron chi connectivity index (χ1n) is 5.90. The van der Waals surface area contributed by atoms with Crippen molar-refractivity contribution in [1.29, 1.82) is 0 Å². The van der Waals surface area contributed by atoms with Crippen molar-refractivity contribution in [1.82, 2.24) is 5.32 Å². The zero-order chi connectivity index (χ0) is 15.1. The minimum Gasteiger partial charge on any atom is -0.493 e. The predicted octanol–water partition coefficient (Wildman–Crippen LogP) is 0.894. The van der Waals surface area contributed by atoms with Crippen molar-refractivity contribution >= 4 is 11.9 Å². The maximum atomic E-state index is 11.3. The van der Waals surface area contributed by atoms with Gasteiger partial charge >= 0.3 is 11.9 Å². The van der Waals surface area contributed by atoms with Gasteiger partial charge in [0.15, 0.2) is 11.5 Å². The molecule has 0 heterocycles. The van der Waals surface area contributed by atoms with E-state index in [1.54, 1.807) is 18.2 Å². The summed E-state index contributed by atoms with van der Waals surface area (Å²) in [6.07, 6.45) is -0.171. The van der Waals surface area contributed by atoms with Gasteiger partial charge in [-0.3, -0.25) is 9.59 Å². The number of aliphatic carboxylic acids is 2. The summed E-state index contributed by atoms with van der Waals surface area (Å²) in [5, 5.41) is 20.5. The number of benzene rings is 1. The lowest BCUT2D eigenvalue weighted by Crippen LogP contribution is -2.30. The van der Waals surface area contributed by atoms with Crippen LogP contribution >= 0.6 is 0 Å². The smallest absolute Gasteiger partial charge is 0.325 e. The number of ether oxygens (including phenoxy) is 2. The molecule has 0 amide bonds. The number of nitrogens with one attached hydrogen (secondary N) is 1. The summed E-state index contributed by atoms with van der Waals surface area (Å²) in [5.74, 6) is -1.40. The monoisotopic (exact) mass is 283 g/mol. The first-order chi connectivity index (χ1) is 9.51. The van der Waals surface area contributed by atoms with Crippen molar-refractivity contribution in [2.45, 2.75) is 12.5 Å². The highest BCUT2D eigenvalue weighted by Gasteiger charge is 2.24. The molecule has 0 aliphatic rings. The normalized spacial score (nSPS) is 11.7. The Morgan fingerprint density at radius 3 is 2.45 bits per heavy atom. The molecule has 0 aliphatic heterocycles. The summed E-state index contributed by atoms with van der Waals surface area (Å²) in [6, 6.07) is 3.82. The average Bonchev–Trinajstić information content (AvgIpc) is 2.42. The maximum absolute atomic E-state index is 11.3. The van der Waals surface area contributed by atoms with E-state index in [0.29, 0.717) is 17.1 Å². The fraction of sp³-hybridized carbons (Fsp3) is 0.385. The van der Waals surface area contributed by atoms with E-state index >= 15 is 0 Å². The fourth-order valence-electron chi connectivity index (χ4n) is 1.79. The second kappa shape index (κ2) is 7.34. The molecule has 110 valence electrons. The molecular formula is C13H17NO6. The van der Waals surface area contributed by atoms with Crippen LogP contribution in [-0.2, 0) is 9.59 Å². The van der Waals surface area contributed by atoms with Crippen molar-refractivity contribution in [3.63, 3.8) is 0 Å². The van der Waals surface area contributed by atoms with Gasteiger partial charge in [-0.05, 0) is 6.07 Å². The third kappa shape index (κ3) is 3.86. The second-order valence-corrected chi connectivity index (χ2v) is 3.95. The Morgan fingerprint density at radius 1 is 1.25 bits per heavy atom. The van der Waals surface area contributed by atoms with Crippen LogP contribution in [-0.4, -0.2) is 42.9 Å².